The number of rotatable bonds is 9. The second kappa shape index (κ2) is 15.8. The molecule has 7 rings (SSSR count). The number of benzene rings is 1. The maximum Gasteiger partial charge on any atom is 0.272 e. The van der Waals surface area contributed by atoms with Gasteiger partial charge in [0.25, 0.3) is 11.5 Å². The van der Waals surface area contributed by atoms with E-state index in [1.165, 1.54) is 0 Å². The Morgan fingerprint density at radius 2 is 1.78 bits per heavy atom. The molecule has 12 nitrogen and oxygen atoms in total. The quantitative estimate of drug-likeness (QED) is 0.251. The summed E-state index contributed by atoms with van der Waals surface area (Å²) in [6.45, 7) is 8.70. The van der Waals surface area contributed by atoms with E-state index >= 15 is 0 Å². The highest BCUT2D eigenvalue weighted by molar-refractivity contribution is 6.31. The predicted molar refractivity (Wildman–Crippen MR) is 196 cm³/mol. The number of nitriles is 1. The summed E-state index contributed by atoms with van der Waals surface area (Å²) in [4.78, 5) is 40.2. The van der Waals surface area contributed by atoms with Crippen molar-refractivity contribution >= 4 is 34.4 Å². The van der Waals surface area contributed by atoms with Crippen molar-refractivity contribution in [3.05, 3.63) is 86.4 Å². The van der Waals surface area contributed by atoms with Crippen molar-refractivity contribution in [3.8, 4) is 11.8 Å². The molecule has 1 amide bonds. The van der Waals surface area contributed by atoms with Gasteiger partial charge in [0.1, 0.15) is 11.8 Å². The molecule has 2 saturated heterocycles. The van der Waals surface area contributed by atoms with E-state index in [9.17, 15) is 9.59 Å². The summed E-state index contributed by atoms with van der Waals surface area (Å²) >= 11 is 6.14. The summed E-state index contributed by atoms with van der Waals surface area (Å²) in [6.07, 6.45) is 8.04. The van der Waals surface area contributed by atoms with Gasteiger partial charge in [-0.2, -0.15) is 5.26 Å². The number of piperazine rings is 1. The van der Waals surface area contributed by atoms with E-state index in [-0.39, 0.29) is 23.6 Å². The van der Waals surface area contributed by atoms with Crippen molar-refractivity contribution in [1.82, 2.24) is 35.3 Å². The van der Waals surface area contributed by atoms with Crippen LogP contribution >= 0.6 is 11.6 Å². The number of hydrogen-bond acceptors (Lipinski definition) is 10. The number of carbonyl (C=O) groups excluding carboxylic acids is 1. The first kappa shape index (κ1) is 34.9. The fourth-order valence-electron chi connectivity index (χ4n) is 7.57. The summed E-state index contributed by atoms with van der Waals surface area (Å²) in [5.74, 6) is 1.27. The highest BCUT2D eigenvalue weighted by Gasteiger charge is 2.29. The van der Waals surface area contributed by atoms with Crippen LogP contribution in [0.25, 0.3) is 11.0 Å². The molecule has 13 heteroatoms. The van der Waals surface area contributed by atoms with Crippen LogP contribution in [0.15, 0.2) is 53.5 Å². The van der Waals surface area contributed by atoms with Gasteiger partial charge >= 0.3 is 0 Å². The minimum atomic E-state index is -0.201. The topological polar surface area (TPSA) is 143 Å². The zero-order valence-corrected chi connectivity index (χ0v) is 29.7. The number of aromatic nitrogens is 4. The number of ether oxygens (including phenoxy) is 1. The Morgan fingerprint density at radius 3 is 2.47 bits per heavy atom. The Hall–Kier alpha value is -4.57. The maximum absolute atomic E-state index is 13.0. The Morgan fingerprint density at radius 1 is 1.00 bits per heavy atom. The van der Waals surface area contributed by atoms with Gasteiger partial charge in [0.15, 0.2) is 11.5 Å². The molecule has 0 bridgehead atoms. The second-order valence-electron chi connectivity index (χ2n) is 13.9. The van der Waals surface area contributed by atoms with Crippen molar-refractivity contribution in [2.24, 2.45) is 0 Å². The minimum Gasteiger partial charge on any atom is -0.490 e. The molecule has 0 spiro atoms. The smallest absolute Gasteiger partial charge is 0.272 e. The minimum absolute atomic E-state index is 0.0263. The lowest BCUT2D eigenvalue weighted by atomic mass is 9.93. The molecule has 3 aromatic heterocycles. The first-order chi connectivity index (χ1) is 24.8. The van der Waals surface area contributed by atoms with E-state index in [4.69, 9.17) is 21.6 Å². The number of H-pyrrole nitrogens is 1. The Labute approximate surface area is 302 Å². The Bertz CT molecular complexity index is 1940. The van der Waals surface area contributed by atoms with Gasteiger partial charge in [-0.05, 0) is 86.9 Å². The van der Waals surface area contributed by atoms with E-state index in [2.05, 4.69) is 52.3 Å². The molecule has 51 heavy (non-hydrogen) atoms. The van der Waals surface area contributed by atoms with E-state index in [1.54, 1.807) is 24.3 Å². The van der Waals surface area contributed by atoms with Gasteiger partial charge in [-0.25, -0.2) is 0 Å². The molecule has 2 N–H and O–H groups in total. The highest BCUT2D eigenvalue weighted by atomic mass is 35.5. The van der Waals surface area contributed by atoms with E-state index in [0.717, 1.165) is 112 Å². The van der Waals surface area contributed by atoms with Crippen molar-refractivity contribution < 1.29 is 9.53 Å². The number of nitrogens with one attached hydrogen (secondary N) is 2. The van der Waals surface area contributed by atoms with Crippen LogP contribution in [0.2, 0.25) is 5.02 Å². The van der Waals surface area contributed by atoms with Gasteiger partial charge in [-0.1, -0.05) is 18.5 Å². The average molecular weight is 710 g/mol. The molecule has 0 atom stereocenters. The molecule has 0 unspecified atom stereocenters. The van der Waals surface area contributed by atoms with Crippen LogP contribution in [-0.2, 0) is 13.0 Å². The van der Waals surface area contributed by atoms with Gasteiger partial charge in [-0.3, -0.25) is 24.4 Å². The van der Waals surface area contributed by atoms with Crippen LogP contribution < -0.4 is 20.5 Å². The number of carbonyl (C=O) groups is 1. The standard InChI is InChI=1S/C38H44ClN9O3/c1-2-26-20-34-35(43-37(26)49)19-25(23-41-34)24-46-15-17-47(18-16-46)29-11-13-48(14-12-29)36-10-9-33(44-45-36)38(50)42-28-4-7-30(8-5-28)51-31-6-3-27(22-40)32(39)21-31/h3,6,9-10,19-21,23,28-30H,2,4-5,7-8,11-18,24H2,1H3,(H,42,50)(H,43,49)/t28-,30-. The number of piperidine rings is 1. The van der Waals surface area contributed by atoms with Gasteiger partial charge in [0.05, 0.1) is 27.7 Å². The molecule has 5 heterocycles. The summed E-state index contributed by atoms with van der Waals surface area (Å²) in [5.41, 5.74) is 4.26. The maximum atomic E-state index is 13.0. The number of halogens is 1. The third-order valence-corrected chi connectivity index (χ3v) is 10.9. The largest absolute Gasteiger partial charge is 0.490 e. The van der Waals surface area contributed by atoms with Crippen LogP contribution in [0.5, 0.6) is 5.75 Å². The normalized spacial score (nSPS) is 20.6. The molecule has 2 aliphatic heterocycles. The summed E-state index contributed by atoms with van der Waals surface area (Å²) in [7, 11) is 0. The van der Waals surface area contributed by atoms with Gasteiger partial charge in [-0.15, -0.1) is 10.2 Å². The number of hydrogen-bond donors (Lipinski definition) is 2. The fraction of sp³-hybridized carbons (Fsp3) is 0.474. The van der Waals surface area contributed by atoms with Crippen molar-refractivity contribution in [2.75, 3.05) is 44.2 Å². The third-order valence-electron chi connectivity index (χ3n) is 10.6. The zero-order valence-electron chi connectivity index (χ0n) is 29.0. The summed E-state index contributed by atoms with van der Waals surface area (Å²) < 4.78 is 6.08. The molecular weight excluding hydrogens is 666 g/mol. The molecule has 3 aliphatic rings. The van der Waals surface area contributed by atoms with E-state index in [1.807, 2.05) is 25.3 Å². The van der Waals surface area contributed by atoms with E-state index < -0.39 is 0 Å². The van der Waals surface area contributed by atoms with Crippen LogP contribution in [0.1, 0.15) is 72.6 Å². The van der Waals surface area contributed by atoms with Crippen LogP contribution in [0.3, 0.4) is 0 Å². The SMILES string of the molecule is CCc1cc2ncc(CN3CCN(C4CCN(c5ccc(C(=O)N[C@H]6CC[C@H](Oc7ccc(C#N)c(Cl)c7)CC6)nn5)CC4)CC3)cc2[nH]c1=O. The Kier molecular flexibility index (Phi) is 10.8. The van der Waals surface area contributed by atoms with Crippen LogP contribution in [0, 0.1) is 11.3 Å². The molecule has 0 radical (unpaired) electrons. The fourth-order valence-corrected chi connectivity index (χ4v) is 7.79. The lowest BCUT2D eigenvalue weighted by molar-refractivity contribution is 0.0811. The van der Waals surface area contributed by atoms with Crippen LogP contribution in [0.4, 0.5) is 5.82 Å². The first-order valence-corrected chi connectivity index (χ1v) is 18.5. The molecule has 1 saturated carbocycles. The van der Waals surface area contributed by atoms with Crippen molar-refractivity contribution in [3.63, 3.8) is 0 Å². The van der Waals surface area contributed by atoms with Gasteiger partial charge < -0.3 is 19.9 Å². The number of pyridine rings is 2. The summed E-state index contributed by atoms with van der Waals surface area (Å²) in [5, 5.41) is 21.3. The average Bonchev–Trinajstić information content (AvgIpc) is 3.16. The molecule has 1 aromatic carbocycles. The van der Waals surface area contributed by atoms with Gasteiger partial charge in [0.2, 0.25) is 0 Å². The second-order valence-corrected chi connectivity index (χ2v) is 14.3. The lowest BCUT2D eigenvalue weighted by Crippen LogP contribution is -2.53. The number of nitrogens with zero attached hydrogens (tertiary/aromatic N) is 7. The monoisotopic (exact) mass is 709 g/mol. The molecular formula is C38H44ClN9O3. The van der Waals surface area contributed by atoms with Crippen molar-refractivity contribution in [2.45, 2.75) is 76.6 Å². The van der Waals surface area contributed by atoms with E-state index in [0.29, 0.717) is 34.5 Å². The predicted octanol–water partition coefficient (Wildman–Crippen LogP) is 4.71. The summed E-state index contributed by atoms with van der Waals surface area (Å²) in [6, 6.07) is 15.4. The number of fused-ring (bicyclic) bond motifs is 1. The van der Waals surface area contributed by atoms with Crippen LogP contribution in [-0.4, -0.2) is 93.3 Å². The Balaban J connectivity index is 0.823. The molecule has 4 aromatic rings. The number of anilines is 1. The number of aromatic amines is 1. The highest BCUT2D eigenvalue weighted by Crippen LogP contribution is 2.28. The number of aryl methyl sites for hydroxylation is 1. The third kappa shape index (κ3) is 8.33. The zero-order chi connectivity index (χ0) is 35.3. The first-order valence-electron chi connectivity index (χ1n) is 18.1. The van der Waals surface area contributed by atoms with Gasteiger partial charge in [0, 0.05) is 75.7 Å². The molecule has 1 aliphatic carbocycles. The lowest BCUT2D eigenvalue weighted by Gasteiger charge is -2.43. The molecule has 266 valence electrons. The van der Waals surface area contributed by atoms with Crippen molar-refractivity contribution in [1.29, 1.82) is 5.26 Å². The molecule has 3 fully saturated rings. The number of amides is 1.